The summed E-state index contributed by atoms with van der Waals surface area (Å²) in [6.45, 7) is 6.93. The third kappa shape index (κ3) is 4.80. The van der Waals surface area contributed by atoms with E-state index in [4.69, 9.17) is 9.47 Å². The molecular formula is C21H25F2NO2. The summed E-state index contributed by atoms with van der Waals surface area (Å²) < 4.78 is 39.3. The third-order valence-corrected chi connectivity index (χ3v) is 4.58. The van der Waals surface area contributed by atoms with Crippen LogP contribution in [0.3, 0.4) is 0 Å². The van der Waals surface area contributed by atoms with Crippen LogP contribution >= 0.6 is 0 Å². The lowest BCUT2D eigenvalue weighted by atomic mass is 9.98. The van der Waals surface area contributed by atoms with E-state index in [1.807, 2.05) is 26.0 Å². The highest BCUT2D eigenvalue weighted by atomic mass is 19.1. The van der Waals surface area contributed by atoms with Gasteiger partial charge in [-0.1, -0.05) is 17.7 Å². The van der Waals surface area contributed by atoms with Crippen molar-refractivity contribution in [3.63, 3.8) is 0 Å². The van der Waals surface area contributed by atoms with Gasteiger partial charge in [-0.3, -0.25) is 0 Å². The molecule has 0 aromatic heterocycles. The maximum absolute atomic E-state index is 14.1. The standard InChI is InChI=1S/C21H25F2NO2/c1-14-9-15(2)21(26-7-5-19-13-24-6-8-25-19)17(10-14)11-16-12-18(22)3-4-20(16)23/h3-4,9-10,12,19,24H,5-8,11,13H2,1-2H3. The molecule has 1 unspecified atom stereocenters. The van der Waals surface area contributed by atoms with Gasteiger partial charge in [-0.25, -0.2) is 8.78 Å². The first-order valence-electron chi connectivity index (χ1n) is 9.02. The Balaban J connectivity index is 1.75. The molecular weight excluding hydrogens is 336 g/mol. The van der Waals surface area contributed by atoms with Crippen molar-refractivity contribution in [1.29, 1.82) is 0 Å². The van der Waals surface area contributed by atoms with Gasteiger partial charge >= 0.3 is 0 Å². The number of morpholine rings is 1. The minimum absolute atomic E-state index is 0.151. The van der Waals surface area contributed by atoms with Gasteiger partial charge < -0.3 is 14.8 Å². The zero-order valence-corrected chi connectivity index (χ0v) is 15.3. The van der Waals surface area contributed by atoms with E-state index in [9.17, 15) is 8.78 Å². The zero-order valence-electron chi connectivity index (χ0n) is 15.3. The van der Waals surface area contributed by atoms with E-state index < -0.39 is 11.6 Å². The van der Waals surface area contributed by atoms with E-state index in [2.05, 4.69) is 5.32 Å². The van der Waals surface area contributed by atoms with Gasteiger partial charge in [-0.05, 0) is 48.7 Å². The Bertz CT molecular complexity index is 758. The number of ether oxygens (including phenoxy) is 2. The van der Waals surface area contributed by atoms with E-state index in [1.165, 1.54) is 12.1 Å². The molecule has 1 atom stereocenters. The fourth-order valence-electron chi connectivity index (χ4n) is 3.36. The summed E-state index contributed by atoms with van der Waals surface area (Å²) in [6.07, 6.45) is 1.23. The van der Waals surface area contributed by atoms with Crippen LogP contribution in [0.1, 0.15) is 28.7 Å². The maximum Gasteiger partial charge on any atom is 0.126 e. The number of nitrogens with one attached hydrogen (secondary N) is 1. The van der Waals surface area contributed by atoms with Crippen LogP contribution in [0.5, 0.6) is 5.75 Å². The molecule has 2 aromatic rings. The molecule has 1 N–H and O–H groups in total. The Morgan fingerprint density at radius 1 is 1.15 bits per heavy atom. The Morgan fingerprint density at radius 2 is 2.00 bits per heavy atom. The molecule has 2 aromatic carbocycles. The molecule has 140 valence electrons. The summed E-state index contributed by atoms with van der Waals surface area (Å²) in [5.41, 5.74) is 3.27. The van der Waals surface area contributed by atoms with Crippen LogP contribution in [-0.2, 0) is 11.2 Å². The van der Waals surface area contributed by atoms with Crippen molar-refractivity contribution in [1.82, 2.24) is 5.32 Å². The first-order chi connectivity index (χ1) is 12.5. The lowest BCUT2D eigenvalue weighted by Gasteiger charge is -2.24. The fourth-order valence-corrected chi connectivity index (χ4v) is 3.36. The van der Waals surface area contributed by atoms with Crippen molar-refractivity contribution in [2.75, 3.05) is 26.3 Å². The molecule has 5 heteroatoms. The van der Waals surface area contributed by atoms with Crippen molar-refractivity contribution >= 4 is 0 Å². The summed E-state index contributed by atoms with van der Waals surface area (Å²) >= 11 is 0. The predicted molar refractivity (Wildman–Crippen MR) is 97.8 cm³/mol. The van der Waals surface area contributed by atoms with Gasteiger partial charge in [0.05, 0.1) is 19.3 Å². The molecule has 0 spiro atoms. The highest BCUT2D eigenvalue weighted by Gasteiger charge is 2.16. The number of benzene rings is 2. The quantitative estimate of drug-likeness (QED) is 0.846. The van der Waals surface area contributed by atoms with Crippen molar-refractivity contribution in [2.45, 2.75) is 32.8 Å². The van der Waals surface area contributed by atoms with E-state index >= 15 is 0 Å². The topological polar surface area (TPSA) is 30.5 Å². The Kier molecular flexibility index (Phi) is 6.22. The van der Waals surface area contributed by atoms with Crippen molar-refractivity contribution in [3.05, 3.63) is 64.2 Å². The zero-order chi connectivity index (χ0) is 18.5. The summed E-state index contributed by atoms with van der Waals surface area (Å²) in [6, 6.07) is 7.57. The van der Waals surface area contributed by atoms with Gasteiger partial charge in [0.1, 0.15) is 17.4 Å². The van der Waals surface area contributed by atoms with Crippen molar-refractivity contribution in [3.8, 4) is 5.75 Å². The Labute approximate surface area is 153 Å². The number of halogens is 2. The molecule has 0 bridgehead atoms. The maximum atomic E-state index is 14.1. The van der Waals surface area contributed by atoms with Crippen LogP contribution in [0, 0.1) is 25.5 Å². The summed E-state index contributed by atoms with van der Waals surface area (Å²) in [5, 5.41) is 3.30. The predicted octanol–water partition coefficient (Wildman–Crippen LogP) is 3.93. The van der Waals surface area contributed by atoms with E-state index in [1.54, 1.807) is 0 Å². The number of rotatable bonds is 6. The van der Waals surface area contributed by atoms with E-state index in [0.717, 1.165) is 54.6 Å². The summed E-state index contributed by atoms with van der Waals surface area (Å²) in [4.78, 5) is 0. The smallest absolute Gasteiger partial charge is 0.126 e. The van der Waals surface area contributed by atoms with Crippen molar-refractivity contribution < 1.29 is 18.3 Å². The number of hydrogen-bond acceptors (Lipinski definition) is 3. The highest BCUT2D eigenvalue weighted by Crippen LogP contribution is 2.29. The second kappa shape index (κ2) is 8.60. The van der Waals surface area contributed by atoms with Crippen LogP contribution in [-0.4, -0.2) is 32.4 Å². The average molecular weight is 361 g/mol. The molecule has 1 saturated heterocycles. The van der Waals surface area contributed by atoms with Crippen LogP contribution in [0.25, 0.3) is 0 Å². The minimum atomic E-state index is -0.435. The van der Waals surface area contributed by atoms with Crippen molar-refractivity contribution in [2.24, 2.45) is 0 Å². The minimum Gasteiger partial charge on any atom is -0.493 e. The molecule has 1 heterocycles. The second-order valence-electron chi connectivity index (χ2n) is 6.82. The molecule has 1 aliphatic heterocycles. The summed E-state index contributed by atoms with van der Waals surface area (Å²) in [5.74, 6) is -0.0867. The molecule has 0 amide bonds. The van der Waals surface area contributed by atoms with E-state index in [-0.39, 0.29) is 6.10 Å². The normalized spacial score (nSPS) is 17.3. The highest BCUT2D eigenvalue weighted by molar-refractivity contribution is 5.46. The lowest BCUT2D eigenvalue weighted by Crippen LogP contribution is -2.39. The van der Waals surface area contributed by atoms with Crippen LogP contribution in [0.15, 0.2) is 30.3 Å². The first-order valence-corrected chi connectivity index (χ1v) is 9.02. The van der Waals surface area contributed by atoms with Gasteiger partial charge in [-0.2, -0.15) is 0 Å². The van der Waals surface area contributed by atoms with Gasteiger partial charge in [0, 0.05) is 25.9 Å². The number of hydrogen-bond donors (Lipinski definition) is 1. The molecule has 0 aliphatic carbocycles. The SMILES string of the molecule is Cc1cc(C)c(OCCC2CNCCO2)c(Cc2cc(F)ccc2F)c1. The Hall–Kier alpha value is -1.98. The molecule has 1 fully saturated rings. The van der Waals surface area contributed by atoms with Gasteiger partial charge in [0.2, 0.25) is 0 Å². The summed E-state index contributed by atoms with van der Waals surface area (Å²) in [7, 11) is 0. The van der Waals surface area contributed by atoms with Crippen LogP contribution < -0.4 is 10.1 Å². The van der Waals surface area contributed by atoms with E-state index in [0.29, 0.717) is 18.6 Å². The molecule has 0 radical (unpaired) electrons. The fraction of sp³-hybridized carbons (Fsp3) is 0.429. The molecule has 26 heavy (non-hydrogen) atoms. The largest absolute Gasteiger partial charge is 0.493 e. The first kappa shape index (κ1) is 18.8. The molecule has 0 saturated carbocycles. The molecule has 3 nitrogen and oxygen atoms in total. The molecule has 1 aliphatic rings. The average Bonchev–Trinajstić information content (AvgIpc) is 2.61. The second-order valence-corrected chi connectivity index (χ2v) is 6.82. The monoisotopic (exact) mass is 361 g/mol. The number of aryl methyl sites for hydroxylation is 2. The third-order valence-electron chi connectivity index (χ3n) is 4.58. The van der Waals surface area contributed by atoms with Crippen LogP contribution in [0.2, 0.25) is 0 Å². The van der Waals surface area contributed by atoms with Crippen LogP contribution in [0.4, 0.5) is 8.78 Å². The van der Waals surface area contributed by atoms with Gasteiger partial charge in [-0.15, -0.1) is 0 Å². The Morgan fingerprint density at radius 3 is 2.77 bits per heavy atom. The molecule has 3 rings (SSSR count). The lowest BCUT2D eigenvalue weighted by molar-refractivity contribution is 0.0158. The van der Waals surface area contributed by atoms with Gasteiger partial charge in [0.25, 0.3) is 0 Å². The van der Waals surface area contributed by atoms with Gasteiger partial charge in [0.15, 0.2) is 0 Å².